The average molecular weight is 396 g/mol. The SMILES string of the molecule is O=C(O)CN(Cc1ccc(F)cc1)C(=O)c1ccnc(Cc2cccc(F)c2)c1. The molecular formula is C22H18F2N2O3. The summed E-state index contributed by atoms with van der Waals surface area (Å²) in [6, 6.07) is 14.6. The Kier molecular flexibility index (Phi) is 6.29. The Hall–Kier alpha value is -3.61. The number of carbonyl (C=O) groups excluding carboxylic acids is 1. The number of carboxylic acids is 1. The van der Waals surface area contributed by atoms with Crippen molar-refractivity contribution >= 4 is 11.9 Å². The molecule has 1 heterocycles. The highest BCUT2D eigenvalue weighted by molar-refractivity contribution is 5.95. The van der Waals surface area contributed by atoms with Gasteiger partial charge < -0.3 is 10.0 Å². The first kappa shape index (κ1) is 20.1. The Labute approximate surface area is 166 Å². The van der Waals surface area contributed by atoms with Crippen molar-refractivity contribution in [2.24, 2.45) is 0 Å². The van der Waals surface area contributed by atoms with E-state index < -0.39 is 24.2 Å². The molecule has 3 rings (SSSR count). The number of halogens is 2. The number of aliphatic carboxylic acids is 1. The van der Waals surface area contributed by atoms with E-state index in [2.05, 4.69) is 4.98 Å². The van der Waals surface area contributed by atoms with Crippen LogP contribution < -0.4 is 0 Å². The molecule has 0 saturated carbocycles. The van der Waals surface area contributed by atoms with Crippen molar-refractivity contribution in [3.8, 4) is 0 Å². The monoisotopic (exact) mass is 396 g/mol. The molecule has 0 atom stereocenters. The van der Waals surface area contributed by atoms with Gasteiger partial charge in [-0.1, -0.05) is 24.3 Å². The third-order valence-electron chi connectivity index (χ3n) is 4.24. The van der Waals surface area contributed by atoms with Crippen LogP contribution in [0.2, 0.25) is 0 Å². The second-order valence-electron chi connectivity index (χ2n) is 6.52. The van der Waals surface area contributed by atoms with E-state index >= 15 is 0 Å². The van der Waals surface area contributed by atoms with Gasteiger partial charge in [0.15, 0.2) is 0 Å². The standard InChI is InChI=1S/C22H18F2N2O3/c23-18-6-4-15(5-7-18)13-26(14-21(27)28)22(29)17-8-9-25-20(12-17)11-16-2-1-3-19(24)10-16/h1-10,12H,11,13-14H2,(H,27,28). The zero-order valence-corrected chi connectivity index (χ0v) is 15.4. The largest absolute Gasteiger partial charge is 0.480 e. The molecule has 2 aromatic carbocycles. The number of benzene rings is 2. The van der Waals surface area contributed by atoms with Crippen molar-refractivity contribution in [1.29, 1.82) is 0 Å². The number of carboxylic acid groups (broad SMARTS) is 1. The second-order valence-corrected chi connectivity index (χ2v) is 6.52. The van der Waals surface area contributed by atoms with Gasteiger partial charge >= 0.3 is 5.97 Å². The molecule has 0 radical (unpaired) electrons. The van der Waals surface area contributed by atoms with Crippen LogP contribution in [0.4, 0.5) is 8.78 Å². The second kappa shape index (κ2) is 9.05. The van der Waals surface area contributed by atoms with E-state index in [1.807, 2.05) is 0 Å². The molecule has 0 aliphatic rings. The molecule has 0 spiro atoms. The van der Waals surface area contributed by atoms with Crippen LogP contribution in [-0.4, -0.2) is 33.4 Å². The van der Waals surface area contributed by atoms with Crippen molar-refractivity contribution < 1.29 is 23.5 Å². The molecule has 0 aliphatic heterocycles. The molecular weight excluding hydrogens is 378 g/mol. The molecule has 0 unspecified atom stereocenters. The summed E-state index contributed by atoms with van der Waals surface area (Å²) in [5, 5.41) is 9.18. The molecule has 1 N–H and O–H groups in total. The molecule has 5 nitrogen and oxygen atoms in total. The maximum atomic E-state index is 13.4. The fraction of sp³-hybridized carbons (Fsp3) is 0.136. The highest BCUT2D eigenvalue weighted by atomic mass is 19.1. The van der Waals surface area contributed by atoms with Gasteiger partial charge in [-0.15, -0.1) is 0 Å². The molecule has 7 heteroatoms. The number of amides is 1. The number of nitrogens with zero attached hydrogens (tertiary/aromatic N) is 2. The van der Waals surface area contributed by atoms with Gasteiger partial charge in [0.25, 0.3) is 5.91 Å². The van der Waals surface area contributed by atoms with Crippen LogP contribution in [0.3, 0.4) is 0 Å². The number of hydrogen-bond acceptors (Lipinski definition) is 3. The van der Waals surface area contributed by atoms with Crippen LogP contribution in [0.5, 0.6) is 0 Å². The highest BCUT2D eigenvalue weighted by Crippen LogP contribution is 2.14. The summed E-state index contributed by atoms with van der Waals surface area (Å²) in [6.45, 7) is -0.481. The number of aromatic nitrogens is 1. The zero-order valence-electron chi connectivity index (χ0n) is 15.4. The zero-order chi connectivity index (χ0) is 20.8. The molecule has 1 amide bonds. The van der Waals surface area contributed by atoms with Gasteiger partial charge in [0, 0.05) is 30.4 Å². The number of carbonyl (C=O) groups is 2. The maximum Gasteiger partial charge on any atom is 0.323 e. The first-order valence-corrected chi connectivity index (χ1v) is 8.85. The third-order valence-corrected chi connectivity index (χ3v) is 4.24. The topological polar surface area (TPSA) is 70.5 Å². The molecule has 0 bridgehead atoms. The summed E-state index contributed by atoms with van der Waals surface area (Å²) < 4.78 is 26.5. The van der Waals surface area contributed by atoms with Gasteiger partial charge in [-0.05, 0) is 47.5 Å². The average Bonchev–Trinajstić information content (AvgIpc) is 2.68. The Morgan fingerprint density at radius 3 is 2.38 bits per heavy atom. The fourth-order valence-electron chi connectivity index (χ4n) is 2.92. The summed E-state index contributed by atoms with van der Waals surface area (Å²) in [5.74, 6) is -2.42. The Morgan fingerprint density at radius 2 is 1.69 bits per heavy atom. The van der Waals surface area contributed by atoms with Gasteiger partial charge in [-0.25, -0.2) is 8.78 Å². The lowest BCUT2D eigenvalue weighted by Crippen LogP contribution is -2.35. The van der Waals surface area contributed by atoms with Crippen LogP contribution in [0, 0.1) is 11.6 Å². The summed E-state index contributed by atoms with van der Waals surface area (Å²) in [5.41, 5.74) is 2.14. The van der Waals surface area contributed by atoms with E-state index in [9.17, 15) is 23.5 Å². The highest BCUT2D eigenvalue weighted by Gasteiger charge is 2.19. The van der Waals surface area contributed by atoms with E-state index in [0.29, 0.717) is 23.2 Å². The first-order valence-electron chi connectivity index (χ1n) is 8.85. The summed E-state index contributed by atoms with van der Waals surface area (Å²) in [6.07, 6.45) is 1.79. The third kappa shape index (κ3) is 5.68. The molecule has 3 aromatic rings. The number of rotatable bonds is 7. The van der Waals surface area contributed by atoms with Crippen LogP contribution in [-0.2, 0) is 17.8 Å². The van der Waals surface area contributed by atoms with E-state index in [-0.39, 0.29) is 17.9 Å². The molecule has 29 heavy (non-hydrogen) atoms. The van der Waals surface area contributed by atoms with E-state index in [1.54, 1.807) is 18.2 Å². The fourth-order valence-corrected chi connectivity index (χ4v) is 2.92. The minimum absolute atomic E-state index is 0.0208. The first-order chi connectivity index (χ1) is 13.9. The summed E-state index contributed by atoms with van der Waals surface area (Å²) in [7, 11) is 0. The quantitative estimate of drug-likeness (QED) is 0.662. The molecule has 0 aliphatic carbocycles. The van der Waals surface area contributed by atoms with Crippen LogP contribution in [0.25, 0.3) is 0 Å². The minimum atomic E-state index is -1.16. The van der Waals surface area contributed by atoms with E-state index in [0.717, 1.165) is 4.90 Å². The van der Waals surface area contributed by atoms with Crippen LogP contribution in [0.1, 0.15) is 27.2 Å². The van der Waals surface area contributed by atoms with E-state index in [1.165, 1.54) is 48.7 Å². The predicted octanol–water partition coefficient (Wildman–Crippen LogP) is 3.68. The van der Waals surface area contributed by atoms with Crippen molar-refractivity contribution in [2.75, 3.05) is 6.54 Å². The molecule has 0 fully saturated rings. The van der Waals surface area contributed by atoms with Gasteiger partial charge in [-0.2, -0.15) is 0 Å². The summed E-state index contributed by atoms with van der Waals surface area (Å²) >= 11 is 0. The van der Waals surface area contributed by atoms with Gasteiger partial charge in [-0.3, -0.25) is 14.6 Å². The Balaban J connectivity index is 1.81. The lowest BCUT2D eigenvalue weighted by atomic mass is 10.1. The van der Waals surface area contributed by atoms with Gasteiger partial charge in [0.2, 0.25) is 0 Å². The molecule has 148 valence electrons. The summed E-state index contributed by atoms with van der Waals surface area (Å²) in [4.78, 5) is 29.5. The van der Waals surface area contributed by atoms with Gasteiger partial charge in [0.1, 0.15) is 18.2 Å². The Morgan fingerprint density at radius 1 is 0.931 bits per heavy atom. The normalized spacial score (nSPS) is 10.6. The number of pyridine rings is 1. The lowest BCUT2D eigenvalue weighted by molar-refractivity contribution is -0.137. The predicted molar refractivity (Wildman–Crippen MR) is 102 cm³/mol. The molecule has 1 aromatic heterocycles. The van der Waals surface area contributed by atoms with Crippen molar-refractivity contribution in [3.05, 3.63) is 101 Å². The van der Waals surface area contributed by atoms with E-state index in [4.69, 9.17) is 0 Å². The van der Waals surface area contributed by atoms with Crippen LogP contribution >= 0.6 is 0 Å². The minimum Gasteiger partial charge on any atom is -0.480 e. The lowest BCUT2D eigenvalue weighted by Gasteiger charge is -2.21. The smallest absolute Gasteiger partial charge is 0.323 e. The Bertz CT molecular complexity index is 1020. The van der Waals surface area contributed by atoms with Crippen LogP contribution in [0.15, 0.2) is 66.9 Å². The van der Waals surface area contributed by atoms with Crippen molar-refractivity contribution in [2.45, 2.75) is 13.0 Å². The van der Waals surface area contributed by atoms with Crippen molar-refractivity contribution in [1.82, 2.24) is 9.88 Å². The van der Waals surface area contributed by atoms with Gasteiger partial charge in [0.05, 0.1) is 0 Å². The van der Waals surface area contributed by atoms with Crippen molar-refractivity contribution in [3.63, 3.8) is 0 Å². The maximum absolute atomic E-state index is 13.4. The number of hydrogen-bond donors (Lipinski definition) is 1. The molecule has 0 saturated heterocycles.